The van der Waals surface area contributed by atoms with E-state index in [4.69, 9.17) is 0 Å². The molecule has 0 bridgehead atoms. The topological polar surface area (TPSA) is 49.3 Å². The van der Waals surface area contributed by atoms with E-state index >= 15 is 0 Å². The zero-order valence-electron chi connectivity index (χ0n) is 11.0. The maximum Gasteiger partial charge on any atom is 0.255 e. The van der Waals surface area contributed by atoms with Gasteiger partial charge in [-0.25, -0.2) is 0 Å². The van der Waals surface area contributed by atoms with Crippen LogP contribution in [0.15, 0.2) is 39.3 Å². The first-order chi connectivity index (χ1) is 9.38. The predicted molar refractivity (Wildman–Crippen MR) is 87.4 cm³/mol. The number of rotatable bonds is 2. The van der Waals surface area contributed by atoms with Crippen LogP contribution in [0.2, 0.25) is 0 Å². The molecule has 104 valence electrons. The molecule has 0 aliphatic rings. The number of carbonyl (C=O) groups is 1. The van der Waals surface area contributed by atoms with Gasteiger partial charge in [-0.1, -0.05) is 15.9 Å². The molecule has 0 aromatic heterocycles. The first kappa shape index (κ1) is 15.1. The van der Waals surface area contributed by atoms with Gasteiger partial charge in [0, 0.05) is 15.7 Å². The molecular weight excluding hydrogens is 386 g/mol. The van der Waals surface area contributed by atoms with E-state index in [0.29, 0.717) is 10.0 Å². The molecule has 0 unspecified atom stereocenters. The third-order valence-electron chi connectivity index (χ3n) is 2.90. The van der Waals surface area contributed by atoms with E-state index in [2.05, 4.69) is 37.2 Å². The van der Waals surface area contributed by atoms with Crippen molar-refractivity contribution in [3.63, 3.8) is 0 Å². The molecule has 0 aliphatic carbocycles. The molecule has 0 saturated heterocycles. The molecule has 0 aliphatic heterocycles. The summed E-state index contributed by atoms with van der Waals surface area (Å²) in [6.07, 6.45) is 0. The Labute approximate surface area is 134 Å². The zero-order valence-corrected chi connectivity index (χ0v) is 14.2. The molecule has 0 spiro atoms. The van der Waals surface area contributed by atoms with Gasteiger partial charge in [0.15, 0.2) is 0 Å². The first-order valence-corrected chi connectivity index (χ1v) is 7.53. The van der Waals surface area contributed by atoms with E-state index in [-0.39, 0.29) is 11.7 Å². The molecule has 5 heteroatoms. The normalized spacial score (nSPS) is 10.4. The Morgan fingerprint density at radius 1 is 1.10 bits per heavy atom. The SMILES string of the molecule is Cc1cc(NC(=O)c2ccc(Br)c(O)c2)cc(C)c1Br. The third kappa shape index (κ3) is 3.22. The van der Waals surface area contributed by atoms with Crippen LogP contribution in [0.25, 0.3) is 0 Å². The highest BCUT2D eigenvalue weighted by molar-refractivity contribution is 9.10. The Balaban J connectivity index is 2.25. The second kappa shape index (κ2) is 5.97. The molecule has 2 aromatic carbocycles. The molecule has 2 N–H and O–H groups in total. The van der Waals surface area contributed by atoms with Gasteiger partial charge in [0.05, 0.1) is 4.47 Å². The van der Waals surface area contributed by atoms with Crippen molar-refractivity contribution >= 4 is 43.5 Å². The number of carbonyl (C=O) groups excluding carboxylic acids is 1. The number of hydrogen-bond acceptors (Lipinski definition) is 2. The zero-order chi connectivity index (χ0) is 14.9. The molecule has 3 nitrogen and oxygen atoms in total. The summed E-state index contributed by atoms with van der Waals surface area (Å²) >= 11 is 6.68. The quantitative estimate of drug-likeness (QED) is 0.764. The van der Waals surface area contributed by atoms with Crippen LogP contribution >= 0.6 is 31.9 Å². The molecule has 0 fully saturated rings. The fourth-order valence-corrected chi connectivity index (χ4v) is 2.35. The van der Waals surface area contributed by atoms with Gasteiger partial charge >= 0.3 is 0 Å². The highest BCUT2D eigenvalue weighted by Crippen LogP contribution is 2.27. The van der Waals surface area contributed by atoms with Crippen molar-refractivity contribution in [2.75, 3.05) is 5.32 Å². The first-order valence-electron chi connectivity index (χ1n) is 5.95. The number of nitrogens with one attached hydrogen (secondary N) is 1. The second-order valence-electron chi connectivity index (χ2n) is 4.54. The lowest BCUT2D eigenvalue weighted by Gasteiger charge is -2.10. The standard InChI is InChI=1S/C15H13Br2NO2/c1-8-5-11(6-9(2)14(8)17)18-15(20)10-3-4-12(16)13(19)7-10/h3-7,19H,1-2H3,(H,18,20). The molecule has 1 amide bonds. The van der Waals surface area contributed by atoms with Gasteiger partial charge in [0.1, 0.15) is 5.75 Å². The summed E-state index contributed by atoms with van der Waals surface area (Å²) in [5.74, 6) is -0.213. The Bertz CT molecular complexity index is 661. The van der Waals surface area contributed by atoms with Crippen LogP contribution in [0, 0.1) is 13.8 Å². The summed E-state index contributed by atoms with van der Waals surface area (Å²) in [5, 5.41) is 12.4. The van der Waals surface area contributed by atoms with E-state index < -0.39 is 0 Å². The number of aromatic hydroxyl groups is 1. The molecule has 2 rings (SSSR count). The van der Waals surface area contributed by atoms with Crippen molar-refractivity contribution in [2.45, 2.75) is 13.8 Å². The maximum absolute atomic E-state index is 12.1. The highest BCUT2D eigenvalue weighted by Gasteiger charge is 2.10. The number of aryl methyl sites for hydroxylation is 2. The monoisotopic (exact) mass is 397 g/mol. The Hall–Kier alpha value is -1.33. The molecular formula is C15H13Br2NO2. The van der Waals surface area contributed by atoms with Gasteiger partial charge in [0.2, 0.25) is 0 Å². The Morgan fingerprint density at radius 3 is 2.25 bits per heavy atom. The van der Waals surface area contributed by atoms with Gasteiger partial charge in [-0.2, -0.15) is 0 Å². The average molecular weight is 399 g/mol. The molecule has 0 saturated carbocycles. The van der Waals surface area contributed by atoms with E-state index in [0.717, 1.165) is 21.3 Å². The van der Waals surface area contributed by atoms with Crippen LogP contribution in [0.3, 0.4) is 0 Å². The largest absolute Gasteiger partial charge is 0.507 e. The number of phenols is 1. The van der Waals surface area contributed by atoms with Gasteiger partial charge in [-0.05, 0) is 71.2 Å². The van der Waals surface area contributed by atoms with E-state index in [1.165, 1.54) is 6.07 Å². The minimum absolute atomic E-state index is 0.0424. The number of phenolic OH excluding ortho intramolecular Hbond substituents is 1. The maximum atomic E-state index is 12.1. The summed E-state index contributed by atoms with van der Waals surface area (Å²) in [4.78, 5) is 12.1. The fraction of sp³-hybridized carbons (Fsp3) is 0.133. The molecule has 0 radical (unpaired) electrons. The number of benzene rings is 2. The smallest absolute Gasteiger partial charge is 0.255 e. The van der Waals surface area contributed by atoms with Crippen LogP contribution in [0.1, 0.15) is 21.5 Å². The molecule has 20 heavy (non-hydrogen) atoms. The summed E-state index contributed by atoms with van der Waals surface area (Å²) in [5.41, 5.74) is 3.25. The third-order valence-corrected chi connectivity index (χ3v) is 4.82. The van der Waals surface area contributed by atoms with Crippen molar-refractivity contribution in [1.82, 2.24) is 0 Å². The molecule has 0 heterocycles. The summed E-state index contributed by atoms with van der Waals surface area (Å²) in [6.45, 7) is 3.94. The van der Waals surface area contributed by atoms with E-state index in [9.17, 15) is 9.90 Å². The minimum atomic E-state index is -0.256. The van der Waals surface area contributed by atoms with Gasteiger partial charge in [0.25, 0.3) is 5.91 Å². The summed E-state index contributed by atoms with van der Waals surface area (Å²) < 4.78 is 1.60. The van der Waals surface area contributed by atoms with Crippen LogP contribution in [-0.2, 0) is 0 Å². The van der Waals surface area contributed by atoms with Crippen molar-refractivity contribution in [3.05, 3.63) is 56.0 Å². The van der Waals surface area contributed by atoms with Crippen LogP contribution in [0.4, 0.5) is 5.69 Å². The number of hydrogen-bond donors (Lipinski definition) is 2. The van der Waals surface area contributed by atoms with Crippen molar-refractivity contribution in [3.8, 4) is 5.75 Å². The molecule has 0 atom stereocenters. The molecule has 2 aromatic rings. The summed E-state index contributed by atoms with van der Waals surface area (Å²) in [7, 11) is 0. The summed E-state index contributed by atoms with van der Waals surface area (Å²) in [6, 6.07) is 8.51. The highest BCUT2D eigenvalue weighted by atomic mass is 79.9. The Kier molecular flexibility index (Phi) is 4.50. The number of halogens is 2. The Morgan fingerprint density at radius 2 is 1.70 bits per heavy atom. The van der Waals surface area contributed by atoms with Crippen molar-refractivity contribution in [2.24, 2.45) is 0 Å². The van der Waals surface area contributed by atoms with Gasteiger partial charge < -0.3 is 10.4 Å². The lowest BCUT2D eigenvalue weighted by Crippen LogP contribution is -2.12. The lowest BCUT2D eigenvalue weighted by molar-refractivity contribution is 0.102. The van der Waals surface area contributed by atoms with Crippen molar-refractivity contribution < 1.29 is 9.90 Å². The van der Waals surface area contributed by atoms with Crippen LogP contribution < -0.4 is 5.32 Å². The number of anilines is 1. The van der Waals surface area contributed by atoms with Crippen LogP contribution in [-0.4, -0.2) is 11.0 Å². The van der Waals surface area contributed by atoms with Gasteiger partial charge in [-0.3, -0.25) is 4.79 Å². The predicted octanol–water partition coefficient (Wildman–Crippen LogP) is 4.79. The van der Waals surface area contributed by atoms with Crippen LogP contribution in [0.5, 0.6) is 5.75 Å². The van der Waals surface area contributed by atoms with Gasteiger partial charge in [-0.15, -0.1) is 0 Å². The van der Waals surface area contributed by atoms with Crippen molar-refractivity contribution in [1.29, 1.82) is 0 Å². The van der Waals surface area contributed by atoms with E-state index in [1.54, 1.807) is 12.1 Å². The average Bonchev–Trinajstić information content (AvgIpc) is 2.39. The fourth-order valence-electron chi connectivity index (χ4n) is 1.88. The second-order valence-corrected chi connectivity index (χ2v) is 6.19. The number of amides is 1. The minimum Gasteiger partial charge on any atom is -0.507 e. The lowest BCUT2D eigenvalue weighted by atomic mass is 10.1. The van der Waals surface area contributed by atoms with E-state index in [1.807, 2.05) is 26.0 Å².